The zero-order chi connectivity index (χ0) is 14.3. The van der Waals surface area contributed by atoms with E-state index in [0.29, 0.717) is 4.90 Å². The number of halogens is 2. The quantitative estimate of drug-likeness (QED) is 0.612. The van der Waals surface area contributed by atoms with E-state index >= 15 is 0 Å². The second-order valence-corrected chi connectivity index (χ2v) is 5.49. The molecule has 2 nitrogen and oxygen atoms in total. The molecule has 0 aromatic heterocycles. The van der Waals surface area contributed by atoms with Gasteiger partial charge in [0.15, 0.2) is 11.6 Å². The first-order valence-corrected chi connectivity index (χ1v) is 7.23. The first-order valence-electron chi connectivity index (χ1n) is 6.25. The number of hydrogen-bond donors (Lipinski definition) is 1. The van der Waals surface area contributed by atoms with Crippen LogP contribution in [0.5, 0.6) is 0 Å². The van der Waals surface area contributed by atoms with Gasteiger partial charge in [0.1, 0.15) is 5.54 Å². The van der Waals surface area contributed by atoms with Crippen molar-refractivity contribution in [2.75, 3.05) is 12.8 Å². The summed E-state index contributed by atoms with van der Waals surface area (Å²) in [6.07, 6.45) is 2.33. The number of nitriles is 1. The molecule has 19 heavy (non-hydrogen) atoms. The van der Waals surface area contributed by atoms with Gasteiger partial charge in [-0.2, -0.15) is 5.26 Å². The highest BCUT2D eigenvalue weighted by Crippen LogP contribution is 2.24. The van der Waals surface area contributed by atoms with Crippen molar-refractivity contribution < 1.29 is 8.78 Å². The van der Waals surface area contributed by atoms with E-state index in [1.165, 1.54) is 17.8 Å². The van der Waals surface area contributed by atoms with Crippen LogP contribution in [0.3, 0.4) is 0 Å². The first kappa shape index (κ1) is 15.9. The lowest BCUT2D eigenvalue weighted by molar-refractivity contribution is 0.400. The summed E-state index contributed by atoms with van der Waals surface area (Å²) in [7, 11) is 1.79. The average molecular weight is 284 g/mol. The molecule has 0 aliphatic carbocycles. The molecular weight excluding hydrogens is 266 g/mol. The van der Waals surface area contributed by atoms with Crippen molar-refractivity contribution in [3.05, 3.63) is 29.8 Å². The van der Waals surface area contributed by atoms with E-state index in [1.54, 1.807) is 13.1 Å². The summed E-state index contributed by atoms with van der Waals surface area (Å²) >= 11 is 1.47. The molecule has 104 valence electrons. The molecule has 1 N–H and O–H groups in total. The summed E-state index contributed by atoms with van der Waals surface area (Å²) in [5.74, 6) is -0.870. The second-order valence-electron chi connectivity index (χ2n) is 4.33. The largest absolute Gasteiger partial charge is 0.302 e. The third kappa shape index (κ3) is 4.48. The van der Waals surface area contributed by atoms with Crippen molar-refractivity contribution in [3.63, 3.8) is 0 Å². The highest BCUT2D eigenvalue weighted by molar-refractivity contribution is 7.99. The lowest BCUT2D eigenvalue weighted by Crippen LogP contribution is -2.40. The Bertz CT molecular complexity index is 453. The van der Waals surface area contributed by atoms with E-state index < -0.39 is 17.2 Å². The molecule has 0 heterocycles. The van der Waals surface area contributed by atoms with Crippen LogP contribution in [0.2, 0.25) is 0 Å². The summed E-state index contributed by atoms with van der Waals surface area (Å²) in [6.45, 7) is 1.97. The second kappa shape index (κ2) is 7.46. The lowest BCUT2D eigenvalue weighted by Gasteiger charge is -2.24. The monoisotopic (exact) mass is 284 g/mol. The van der Waals surface area contributed by atoms with Gasteiger partial charge in [0.05, 0.1) is 6.07 Å². The van der Waals surface area contributed by atoms with Gasteiger partial charge in [0.25, 0.3) is 0 Å². The van der Waals surface area contributed by atoms with Gasteiger partial charge in [-0.25, -0.2) is 8.78 Å². The van der Waals surface area contributed by atoms with Crippen LogP contribution in [0.15, 0.2) is 23.1 Å². The molecule has 1 rings (SSSR count). The Morgan fingerprint density at radius 2 is 2.11 bits per heavy atom. The number of hydrogen-bond acceptors (Lipinski definition) is 3. The van der Waals surface area contributed by atoms with Crippen molar-refractivity contribution in [2.24, 2.45) is 0 Å². The Hall–Kier alpha value is -1.12. The fourth-order valence-electron chi connectivity index (χ4n) is 1.80. The zero-order valence-corrected chi connectivity index (χ0v) is 12.0. The molecule has 0 spiro atoms. The van der Waals surface area contributed by atoms with Crippen molar-refractivity contribution in [1.29, 1.82) is 5.26 Å². The predicted octanol–water partition coefficient (Wildman–Crippen LogP) is 3.73. The fraction of sp³-hybridized carbons (Fsp3) is 0.500. The van der Waals surface area contributed by atoms with E-state index in [1.807, 2.05) is 6.92 Å². The number of nitrogens with zero attached hydrogens (tertiary/aromatic N) is 1. The van der Waals surface area contributed by atoms with Gasteiger partial charge in [0, 0.05) is 4.90 Å². The first-order chi connectivity index (χ1) is 9.06. The van der Waals surface area contributed by atoms with Gasteiger partial charge in [-0.3, -0.25) is 0 Å². The molecule has 0 aliphatic rings. The van der Waals surface area contributed by atoms with Crippen molar-refractivity contribution >= 4 is 11.8 Å². The minimum absolute atomic E-state index is 0.478. The highest BCUT2D eigenvalue weighted by Gasteiger charge is 2.24. The van der Waals surface area contributed by atoms with Crippen LogP contribution in [0.4, 0.5) is 8.78 Å². The number of nitrogens with one attached hydrogen (secondary N) is 1. The molecule has 0 fully saturated rings. The third-order valence-electron chi connectivity index (χ3n) is 3.20. The highest BCUT2D eigenvalue weighted by atomic mass is 32.2. The summed E-state index contributed by atoms with van der Waals surface area (Å²) in [6, 6.07) is 6.21. The molecule has 1 aromatic carbocycles. The van der Waals surface area contributed by atoms with Crippen LogP contribution < -0.4 is 5.32 Å². The molecule has 0 saturated carbocycles. The minimum atomic E-state index is -0.825. The summed E-state index contributed by atoms with van der Waals surface area (Å²) in [5.41, 5.74) is -0.478. The maximum absolute atomic E-state index is 13.0. The van der Waals surface area contributed by atoms with Gasteiger partial charge >= 0.3 is 0 Å². The third-order valence-corrected chi connectivity index (χ3v) is 4.28. The molecule has 1 atom stereocenters. The van der Waals surface area contributed by atoms with Crippen LogP contribution >= 0.6 is 11.8 Å². The van der Waals surface area contributed by atoms with Crippen LogP contribution in [0.1, 0.15) is 26.2 Å². The number of thioether (sulfide) groups is 1. The van der Waals surface area contributed by atoms with Gasteiger partial charge in [-0.15, -0.1) is 11.8 Å². The Morgan fingerprint density at radius 3 is 2.63 bits per heavy atom. The summed E-state index contributed by atoms with van der Waals surface area (Å²) in [5, 5.41) is 12.2. The molecule has 0 aliphatic heterocycles. The Labute approximate surface area is 117 Å². The maximum atomic E-state index is 13.0. The van der Waals surface area contributed by atoms with E-state index in [4.69, 9.17) is 5.26 Å². The fourth-order valence-corrected chi connectivity index (χ4v) is 2.68. The smallest absolute Gasteiger partial charge is 0.159 e. The molecule has 0 bridgehead atoms. The normalized spacial score (nSPS) is 13.8. The van der Waals surface area contributed by atoms with E-state index in [-0.39, 0.29) is 0 Å². The summed E-state index contributed by atoms with van der Waals surface area (Å²) in [4.78, 5) is 0.711. The Kier molecular flexibility index (Phi) is 6.26. The van der Waals surface area contributed by atoms with Crippen LogP contribution in [-0.2, 0) is 0 Å². The average Bonchev–Trinajstić information content (AvgIpc) is 2.44. The SMILES string of the molecule is CCC(C#N)(CCCSc1ccc(F)c(F)c1)NC. The van der Waals surface area contributed by atoms with E-state index in [0.717, 1.165) is 31.1 Å². The molecule has 1 unspecified atom stereocenters. The molecule has 1 aromatic rings. The van der Waals surface area contributed by atoms with Crippen molar-refractivity contribution in [1.82, 2.24) is 5.32 Å². The summed E-state index contributed by atoms with van der Waals surface area (Å²) < 4.78 is 25.8. The lowest BCUT2D eigenvalue weighted by atomic mass is 9.93. The standard InChI is InChI=1S/C14H18F2N2S/c1-3-14(10-17,18-2)7-4-8-19-11-5-6-12(15)13(16)9-11/h5-6,9,18H,3-4,7-8H2,1-2H3. The van der Waals surface area contributed by atoms with Gasteiger partial charge in [-0.05, 0) is 50.3 Å². The molecular formula is C14H18F2N2S. The van der Waals surface area contributed by atoms with Crippen LogP contribution in [0, 0.1) is 23.0 Å². The van der Waals surface area contributed by atoms with Crippen molar-refractivity contribution in [3.8, 4) is 6.07 Å². The van der Waals surface area contributed by atoms with Gasteiger partial charge in [0.2, 0.25) is 0 Å². The number of benzene rings is 1. The molecule has 5 heteroatoms. The van der Waals surface area contributed by atoms with Crippen molar-refractivity contribution in [2.45, 2.75) is 36.6 Å². The Morgan fingerprint density at radius 1 is 1.37 bits per heavy atom. The molecule has 0 radical (unpaired) electrons. The van der Waals surface area contributed by atoms with Crippen LogP contribution in [-0.4, -0.2) is 18.3 Å². The molecule has 0 amide bonds. The number of rotatable bonds is 7. The maximum Gasteiger partial charge on any atom is 0.159 e. The molecule has 0 saturated heterocycles. The zero-order valence-electron chi connectivity index (χ0n) is 11.2. The Balaban J connectivity index is 2.42. The van der Waals surface area contributed by atoms with E-state index in [9.17, 15) is 8.78 Å². The van der Waals surface area contributed by atoms with E-state index in [2.05, 4.69) is 11.4 Å². The topological polar surface area (TPSA) is 35.8 Å². The van der Waals surface area contributed by atoms with Gasteiger partial charge in [-0.1, -0.05) is 6.92 Å². The minimum Gasteiger partial charge on any atom is -0.302 e. The predicted molar refractivity (Wildman–Crippen MR) is 74.0 cm³/mol. The van der Waals surface area contributed by atoms with Crippen LogP contribution in [0.25, 0.3) is 0 Å². The van der Waals surface area contributed by atoms with Gasteiger partial charge < -0.3 is 5.32 Å².